The molecule has 31 heavy (non-hydrogen) atoms. The zero-order valence-corrected chi connectivity index (χ0v) is 18.2. The third-order valence-corrected chi connectivity index (χ3v) is 6.61. The molecule has 1 amide bonds. The number of fused-ring (bicyclic) bond motifs is 1. The number of carbonyl (C=O) groups is 1. The Hall–Kier alpha value is -3.19. The molecule has 1 saturated heterocycles. The van der Waals surface area contributed by atoms with E-state index in [1.54, 1.807) is 11.3 Å². The van der Waals surface area contributed by atoms with Crippen LogP contribution in [0.5, 0.6) is 0 Å². The van der Waals surface area contributed by atoms with Gasteiger partial charge in [-0.3, -0.25) is 4.79 Å². The standard InChI is InChI=1S/C24H24N4O2S/c1-16-6-8-17(9-7-16)14-19-15-25-23(31-19)27-22(29)18-10-12-28(13-11-18)24-26-20-4-2-3-5-21(20)30-24/h2-9,15,18H,10-14H2,1H3,(H,25,27,29). The van der Waals surface area contributed by atoms with E-state index < -0.39 is 0 Å². The monoisotopic (exact) mass is 432 g/mol. The first-order valence-corrected chi connectivity index (χ1v) is 11.4. The highest BCUT2D eigenvalue weighted by atomic mass is 32.1. The molecule has 4 aromatic rings. The lowest BCUT2D eigenvalue weighted by Crippen LogP contribution is -2.38. The number of hydrogen-bond donors (Lipinski definition) is 1. The highest BCUT2D eigenvalue weighted by molar-refractivity contribution is 7.15. The fourth-order valence-corrected chi connectivity index (χ4v) is 4.74. The summed E-state index contributed by atoms with van der Waals surface area (Å²) >= 11 is 1.55. The number of aromatic nitrogens is 2. The molecule has 0 bridgehead atoms. The van der Waals surface area contributed by atoms with E-state index in [4.69, 9.17) is 4.42 Å². The summed E-state index contributed by atoms with van der Waals surface area (Å²) in [5.41, 5.74) is 4.16. The Morgan fingerprint density at radius 2 is 1.94 bits per heavy atom. The molecule has 2 aromatic heterocycles. The Balaban J connectivity index is 1.15. The van der Waals surface area contributed by atoms with Crippen LogP contribution in [-0.2, 0) is 11.2 Å². The summed E-state index contributed by atoms with van der Waals surface area (Å²) < 4.78 is 5.86. The van der Waals surface area contributed by atoms with Crippen LogP contribution in [0.3, 0.4) is 0 Å². The van der Waals surface area contributed by atoms with E-state index in [0.717, 1.165) is 48.3 Å². The average Bonchev–Trinajstić information content (AvgIpc) is 3.42. The molecule has 2 aromatic carbocycles. The number of thiazole rings is 1. The van der Waals surface area contributed by atoms with Crippen molar-refractivity contribution in [3.05, 3.63) is 70.7 Å². The van der Waals surface area contributed by atoms with Gasteiger partial charge in [0.05, 0.1) is 0 Å². The number of amides is 1. The Kier molecular flexibility index (Phi) is 5.42. The molecule has 0 spiro atoms. The summed E-state index contributed by atoms with van der Waals surface area (Å²) in [7, 11) is 0. The van der Waals surface area contributed by atoms with Gasteiger partial charge in [0.2, 0.25) is 5.91 Å². The van der Waals surface area contributed by atoms with Crippen molar-refractivity contribution >= 4 is 39.5 Å². The van der Waals surface area contributed by atoms with Gasteiger partial charge in [-0.25, -0.2) is 4.98 Å². The van der Waals surface area contributed by atoms with Crippen molar-refractivity contribution in [1.29, 1.82) is 0 Å². The van der Waals surface area contributed by atoms with Crippen LogP contribution in [0.25, 0.3) is 11.1 Å². The molecule has 1 fully saturated rings. The van der Waals surface area contributed by atoms with E-state index in [9.17, 15) is 4.79 Å². The number of oxazole rings is 1. The summed E-state index contributed by atoms with van der Waals surface area (Å²) in [6, 6.07) is 16.9. The fourth-order valence-electron chi connectivity index (χ4n) is 3.89. The van der Waals surface area contributed by atoms with Gasteiger partial charge in [0.15, 0.2) is 10.7 Å². The van der Waals surface area contributed by atoms with E-state index in [1.165, 1.54) is 11.1 Å². The van der Waals surface area contributed by atoms with Crippen molar-refractivity contribution < 1.29 is 9.21 Å². The number of nitrogens with one attached hydrogen (secondary N) is 1. The average molecular weight is 433 g/mol. The molecule has 0 aliphatic carbocycles. The van der Waals surface area contributed by atoms with Gasteiger partial charge in [-0.05, 0) is 37.5 Å². The summed E-state index contributed by atoms with van der Waals surface area (Å²) in [6.07, 6.45) is 4.23. The maximum Gasteiger partial charge on any atom is 0.298 e. The van der Waals surface area contributed by atoms with E-state index in [0.29, 0.717) is 11.1 Å². The number of carbonyl (C=O) groups excluding carboxylic acids is 1. The SMILES string of the molecule is Cc1ccc(Cc2cnc(NC(=O)C3CCN(c4nc5ccccc5o4)CC3)s2)cc1. The zero-order valence-electron chi connectivity index (χ0n) is 17.4. The molecule has 158 valence electrons. The number of piperidine rings is 1. The van der Waals surface area contributed by atoms with Crippen molar-refractivity contribution in [3.63, 3.8) is 0 Å². The van der Waals surface area contributed by atoms with Crippen molar-refractivity contribution in [1.82, 2.24) is 9.97 Å². The molecule has 6 nitrogen and oxygen atoms in total. The van der Waals surface area contributed by atoms with Crippen LogP contribution in [-0.4, -0.2) is 29.0 Å². The quantitative estimate of drug-likeness (QED) is 0.478. The minimum Gasteiger partial charge on any atom is -0.423 e. The van der Waals surface area contributed by atoms with Crippen LogP contribution in [0.2, 0.25) is 0 Å². The topological polar surface area (TPSA) is 71.3 Å². The molecule has 1 aliphatic rings. The normalized spacial score (nSPS) is 14.8. The lowest BCUT2D eigenvalue weighted by atomic mass is 9.96. The first kappa shape index (κ1) is 19.8. The van der Waals surface area contributed by atoms with Crippen LogP contribution in [0.15, 0.2) is 59.1 Å². The maximum atomic E-state index is 12.8. The second-order valence-corrected chi connectivity index (χ2v) is 9.12. The third-order valence-electron chi connectivity index (χ3n) is 5.70. The summed E-state index contributed by atoms with van der Waals surface area (Å²) in [4.78, 5) is 25.0. The number of benzene rings is 2. The van der Waals surface area contributed by atoms with Gasteiger partial charge in [0, 0.05) is 36.5 Å². The molecule has 3 heterocycles. The van der Waals surface area contributed by atoms with Gasteiger partial charge >= 0.3 is 0 Å². The summed E-state index contributed by atoms with van der Waals surface area (Å²) in [5, 5.41) is 3.69. The van der Waals surface area contributed by atoms with Crippen LogP contribution in [0.1, 0.15) is 28.8 Å². The second kappa shape index (κ2) is 8.51. The maximum absolute atomic E-state index is 12.8. The van der Waals surface area contributed by atoms with Crippen molar-refractivity contribution in [3.8, 4) is 0 Å². The number of para-hydroxylation sites is 2. The first-order valence-electron chi connectivity index (χ1n) is 10.6. The lowest BCUT2D eigenvalue weighted by molar-refractivity contribution is -0.120. The van der Waals surface area contributed by atoms with Crippen molar-refractivity contribution in [2.24, 2.45) is 5.92 Å². The highest BCUT2D eigenvalue weighted by Crippen LogP contribution is 2.28. The van der Waals surface area contributed by atoms with E-state index >= 15 is 0 Å². The molecule has 0 radical (unpaired) electrons. The van der Waals surface area contributed by atoms with Crippen LogP contribution in [0, 0.1) is 12.8 Å². The van der Waals surface area contributed by atoms with E-state index in [1.807, 2.05) is 30.5 Å². The van der Waals surface area contributed by atoms with Gasteiger partial charge in [-0.2, -0.15) is 4.98 Å². The fraction of sp³-hybridized carbons (Fsp3) is 0.292. The van der Waals surface area contributed by atoms with Crippen LogP contribution in [0.4, 0.5) is 11.1 Å². The molecular formula is C24H24N4O2S. The van der Waals surface area contributed by atoms with Gasteiger partial charge in [-0.1, -0.05) is 42.0 Å². The van der Waals surface area contributed by atoms with Crippen LogP contribution >= 0.6 is 11.3 Å². The summed E-state index contributed by atoms with van der Waals surface area (Å²) in [5.74, 6) is 0.0264. The molecule has 0 saturated carbocycles. The van der Waals surface area contributed by atoms with Gasteiger partial charge in [0.1, 0.15) is 5.52 Å². The smallest absolute Gasteiger partial charge is 0.298 e. The Morgan fingerprint density at radius 1 is 1.16 bits per heavy atom. The van der Waals surface area contributed by atoms with Gasteiger partial charge in [0.25, 0.3) is 6.01 Å². The van der Waals surface area contributed by atoms with Gasteiger partial charge < -0.3 is 14.6 Å². The molecule has 0 unspecified atom stereocenters. The number of nitrogens with zero attached hydrogens (tertiary/aromatic N) is 3. The molecule has 1 N–H and O–H groups in total. The Morgan fingerprint density at radius 3 is 2.71 bits per heavy atom. The molecular weight excluding hydrogens is 408 g/mol. The van der Waals surface area contributed by atoms with Crippen LogP contribution < -0.4 is 10.2 Å². The first-order chi connectivity index (χ1) is 15.1. The van der Waals surface area contributed by atoms with Crippen molar-refractivity contribution in [2.75, 3.05) is 23.3 Å². The number of aryl methyl sites for hydroxylation is 1. The highest BCUT2D eigenvalue weighted by Gasteiger charge is 2.27. The van der Waals surface area contributed by atoms with E-state index in [2.05, 4.69) is 51.4 Å². The number of hydrogen-bond acceptors (Lipinski definition) is 6. The summed E-state index contributed by atoms with van der Waals surface area (Å²) in [6.45, 7) is 3.59. The van der Waals surface area contributed by atoms with Crippen molar-refractivity contribution in [2.45, 2.75) is 26.2 Å². The predicted octanol–water partition coefficient (Wildman–Crippen LogP) is 5.04. The van der Waals surface area contributed by atoms with E-state index in [-0.39, 0.29) is 11.8 Å². The lowest BCUT2D eigenvalue weighted by Gasteiger charge is -2.29. The zero-order chi connectivity index (χ0) is 21.2. The minimum absolute atomic E-state index is 0.0231. The number of anilines is 2. The van der Waals surface area contributed by atoms with Gasteiger partial charge in [-0.15, -0.1) is 11.3 Å². The molecule has 7 heteroatoms. The third kappa shape index (κ3) is 4.46. The largest absolute Gasteiger partial charge is 0.423 e. The Labute approximate surface area is 184 Å². The predicted molar refractivity (Wildman–Crippen MR) is 124 cm³/mol. The second-order valence-electron chi connectivity index (χ2n) is 8.01. The molecule has 5 rings (SSSR count). The molecule has 0 atom stereocenters. The Bertz CT molecular complexity index is 1160. The minimum atomic E-state index is -0.0231. The number of rotatable bonds is 5. The molecule has 1 aliphatic heterocycles.